The minimum Gasteiger partial charge on any atom is -0.448 e. The summed E-state index contributed by atoms with van der Waals surface area (Å²) in [5, 5.41) is 0. The summed E-state index contributed by atoms with van der Waals surface area (Å²) in [6.07, 6.45) is 3.84. The van der Waals surface area contributed by atoms with E-state index in [0.29, 0.717) is 13.2 Å². The van der Waals surface area contributed by atoms with Gasteiger partial charge >= 0.3 is 6.09 Å². The number of fused-ring (bicyclic) bond motifs is 2. The van der Waals surface area contributed by atoms with Gasteiger partial charge in [0.1, 0.15) is 12.5 Å². The minimum atomic E-state index is -0.247. The summed E-state index contributed by atoms with van der Waals surface area (Å²) in [5.41, 5.74) is 0.803. The molecule has 3 aliphatic rings. The fourth-order valence-electron chi connectivity index (χ4n) is 3.25. The molecule has 0 spiro atoms. The number of carbonyl (C=O) groups is 1. The van der Waals surface area contributed by atoms with E-state index in [1.165, 1.54) is 0 Å². The molecule has 4 atom stereocenters. The molecule has 2 fully saturated rings. The van der Waals surface area contributed by atoms with E-state index in [-0.39, 0.29) is 29.9 Å². The van der Waals surface area contributed by atoms with Gasteiger partial charge in [-0.05, 0) is 5.92 Å². The van der Waals surface area contributed by atoms with Crippen LogP contribution < -0.4 is 0 Å². The Labute approximate surface area is 93.6 Å². The van der Waals surface area contributed by atoms with E-state index in [9.17, 15) is 9.59 Å². The smallest absolute Gasteiger partial charge is 0.410 e. The highest BCUT2D eigenvalue weighted by Crippen LogP contribution is 2.49. The maximum Gasteiger partial charge on any atom is 0.410 e. The van der Waals surface area contributed by atoms with Crippen LogP contribution in [0, 0.1) is 17.8 Å². The van der Waals surface area contributed by atoms with Crippen molar-refractivity contribution in [2.45, 2.75) is 13.0 Å². The maximum absolute atomic E-state index is 11.5. The largest absolute Gasteiger partial charge is 0.448 e. The van der Waals surface area contributed by atoms with E-state index in [2.05, 4.69) is 18.9 Å². The van der Waals surface area contributed by atoms with Crippen LogP contribution in [0.15, 0.2) is 17.7 Å². The van der Waals surface area contributed by atoms with Gasteiger partial charge in [0.2, 0.25) is 0 Å². The summed E-state index contributed by atoms with van der Waals surface area (Å²) in [4.78, 5) is 24.2. The summed E-state index contributed by atoms with van der Waals surface area (Å²) in [6.45, 7) is 3.18. The average molecular weight is 219 g/mol. The zero-order chi connectivity index (χ0) is 11.3. The Kier molecular flexibility index (Phi) is 1.95. The molecule has 0 aromatic heterocycles. The second kappa shape index (κ2) is 3.22. The first kappa shape index (κ1) is 9.67. The summed E-state index contributed by atoms with van der Waals surface area (Å²) < 4.78 is 4.96. The molecule has 2 aliphatic carbocycles. The number of allylic oxidation sites excluding steroid dienone is 1. The van der Waals surface area contributed by atoms with Gasteiger partial charge in [0, 0.05) is 23.5 Å². The first-order chi connectivity index (χ1) is 7.74. The van der Waals surface area contributed by atoms with Crippen molar-refractivity contribution in [3.8, 4) is 0 Å². The number of amides is 1. The standard InChI is InChI=1S/C12H13NO3/c1-7-8-2-3-9(10(8)6-14)11(7)13-4-5-16-12(13)15/h2-3,7-9,11H,4-5H2,1H3. The predicted octanol–water partition coefficient (Wildman–Crippen LogP) is 1.02. The van der Waals surface area contributed by atoms with E-state index in [1.807, 2.05) is 6.08 Å². The fourth-order valence-corrected chi connectivity index (χ4v) is 3.25. The Morgan fingerprint density at radius 1 is 1.44 bits per heavy atom. The monoisotopic (exact) mass is 219 g/mol. The Morgan fingerprint density at radius 2 is 2.19 bits per heavy atom. The Balaban J connectivity index is 1.95. The van der Waals surface area contributed by atoms with Gasteiger partial charge in [-0.3, -0.25) is 0 Å². The van der Waals surface area contributed by atoms with E-state index in [4.69, 9.17) is 4.74 Å². The Hall–Kier alpha value is -1.54. The number of rotatable bonds is 1. The number of hydrogen-bond donors (Lipinski definition) is 0. The van der Waals surface area contributed by atoms with Crippen molar-refractivity contribution in [1.29, 1.82) is 0 Å². The third-order valence-corrected chi connectivity index (χ3v) is 3.99. The molecule has 0 aromatic carbocycles. The molecule has 4 unspecified atom stereocenters. The Morgan fingerprint density at radius 3 is 2.75 bits per heavy atom. The van der Waals surface area contributed by atoms with E-state index in [1.54, 1.807) is 4.90 Å². The van der Waals surface area contributed by atoms with Crippen LogP contribution in [0.3, 0.4) is 0 Å². The summed E-state index contributed by atoms with van der Waals surface area (Å²) in [5.74, 6) is 2.56. The fraction of sp³-hybridized carbons (Fsp3) is 0.583. The van der Waals surface area contributed by atoms with Crippen LogP contribution in [0.5, 0.6) is 0 Å². The molecule has 1 aliphatic heterocycles. The van der Waals surface area contributed by atoms with Crippen molar-refractivity contribution >= 4 is 12.0 Å². The molecule has 1 amide bonds. The van der Waals surface area contributed by atoms with Gasteiger partial charge in [0.15, 0.2) is 0 Å². The molecule has 2 bridgehead atoms. The van der Waals surface area contributed by atoms with Crippen LogP contribution in [0.25, 0.3) is 0 Å². The van der Waals surface area contributed by atoms with Gasteiger partial charge in [-0.1, -0.05) is 19.1 Å². The van der Waals surface area contributed by atoms with Gasteiger partial charge in [-0.2, -0.15) is 0 Å². The topological polar surface area (TPSA) is 46.6 Å². The number of nitrogens with zero attached hydrogens (tertiary/aromatic N) is 1. The zero-order valence-corrected chi connectivity index (χ0v) is 9.05. The van der Waals surface area contributed by atoms with Gasteiger partial charge < -0.3 is 9.64 Å². The molecule has 4 nitrogen and oxygen atoms in total. The lowest BCUT2D eigenvalue weighted by Gasteiger charge is -2.31. The van der Waals surface area contributed by atoms with Gasteiger partial charge in [-0.25, -0.2) is 9.59 Å². The van der Waals surface area contributed by atoms with Gasteiger partial charge in [-0.15, -0.1) is 0 Å². The molecule has 1 heterocycles. The quantitative estimate of drug-likeness (QED) is 0.488. The van der Waals surface area contributed by atoms with E-state index >= 15 is 0 Å². The lowest BCUT2D eigenvalue weighted by molar-refractivity contribution is 0.132. The summed E-state index contributed by atoms with van der Waals surface area (Å²) >= 11 is 0. The number of hydrogen-bond acceptors (Lipinski definition) is 3. The molecule has 0 N–H and O–H groups in total. The predicted molar refractivity (Wildman–Crippen MR) is 56.3 cm³/mol. The molecule has 0 aromatic rings. The first-order valence-electron chi connectivity index (χ1n) is 5.60. The first-order valence-corrected chi connectivity index (χ1v) is 5.60. The van der Waals surface area contributed by atoms with Crippen molar-refractivity contribution in [3.63, 3.8) is 0 Å². The van der Waals surface area contributed by atoms with Crippen LogP contribution in [0.4, 0.5) is 4.79 Å². The van der Waals surface area contributed by atoms with Crippen LogP contribution >= 0.6 is 0 Å². The highest BCUT2D eigenvalue weighted by molar-refractivity contribution is 5.71. The molecule has 0 radical (unpaired) electrons. The average Bonchev–Trinajstić information content (AvgIpc) is 2.91. The number of carbonyl (C=O) groups excluding carboxylic acids is 2. The lowest BCUT2D eigenvalue weighted by atomic mass is 9.90. The molecule has 84 valence electrons. The van der Waals surface area contributed by atoms with Crippen LogP contribution in [0.1, 0.15) is 6.92 Å². The lowest BCUT2D eigenvalue weighted by Crippen LogP contribution is -2.42. The third kappa shape index (κ3) is 1.05. The van der Waals surface area contributed by atoms with Gasteiger partial charge in [0.25, 0.3) is 0 Å². The highest BCUT2D eigenvalue weighted by atomic mass is 16.6. The normalized spacial score (nSPS) is 40.4. The second-order valence-electron chi connectivity index (χ2n) is 4.65. The van der Waals surface area contributed by atoms with Crippen molar-refractivity contribution in [3.05, 3.63) is 17.7 Å². The SMILES string of the molecule is CC1C2C=CC(C2=C=O)C1N1CCOC1=O. The van der Waals surface area contributed by atoms with Crippen LogP contribution in [0.2, 0.25) is 0 Å². The Bertz CT molecular complexity index is 422. The molecule has 1 saturated heterocycles. The third-order valence-electron chi connectivity index (χ3n) is 3.99. The van der Waals surface area contributed by atoms with E-state index in [0.717, 1.165) is 5.57 Å². The van der Waals surface area contributed by atoms with Crippen LogP contribution in [-0.2, 0) is 9.53 Å². The number of cyclic esters (lactones) is 1. The minimum absolute atomic E-state index is 0.0585. The molecular weight excluding hydrogens is 206 g/mol. The molecule has 3 rings (SSSR count). The van der Waals surface area contributed by atoms with Gasteiger partial charge in [0.05, 0.1) is 6.54 Å². The van der Waals surface area contributed by atoms with Crippen LogP contribution in [-0.4, -0.2) is 36.1 Å². The maximum atomic E-state index is 11.5. The summed E-state index contributed by atoms with van der Waals surface area (Å²) in [7, 11) is 0. The second-order valence-corrected chi connectivity index (χ2v) is 4.65. The van der Waals surface area contributed by atoms with Crippen molar-refractivity contribution in [2.75, 3.05) is 13.2 Å². The van der Waals surface area contributed by atoms with Crippen molar-refractivity contribution in [1.82, 2.24) is 4.90 Å². The molecule has 1 saturated carbocycles. The van der Waals surface area contributed by atoms with Crippen molar-refractivity contribution in [2.24, 2.45) is 17.8 Å². The molecule has 4 heteroatoms. The molecule has 16 heavy (non-hydrogen) atoms. The number of ether oxygens (including phenoxy) is 1. The molecular formula is C12H13NO3. The highest BCUT2D eigenvalue weighted by Gasteiger charge is 2.51. The summed E-state index contributed by atoms with van der Waals surface area (Å²) in [6, 6.07) is 0.0847. The zero-order valence-electron chi connectivity index (χ0n) is 9.05. The van der Waals surface area contributed by atoms with E-state index < -0.39 is 0 Å². The van der Waals surface area contributed by atoms with Crippen molar-refractivity contribution < 1.29 is 14.3 Å².